The minimum Gasteiger partial charge on any atom is -0.323 e. The Hall–Kier alpha value is -1.16. The fraction of sp³-hybridized carbons (Fsp3) is 0.588. The van der Waals surface area contributed by atoms with Crippen molar-refractivity contribution in [3.63, 3.8) is 0 Å². The number of amides is 1. The number of hydrogen-bond donors (Lipinski definition) is 1. The molecule has 4 aliphatic carbocycles. The van der Waals surface area contributed by atoms with Gasteiger partial charge in [-0.05, 0) is 62.5 Å². The highest BCUT2D eigenvalue weighted by molar-refractivity contribution is 6.24. The molecule has 4 fully saturated rings. The molecule has 4 bridgehead atoms. The standard InChI is InChI=1S/C17H18ClF2NO/c18-17-7-10-3-11(8-17)6-16(5-10,9-17)15(22)21-14-4-12(19)1-2-13(14)20/h1-2,4,10-11H,3,5-9H2,(H,21,22)/t10-,11+,16?,17?. The SMILES string of the molecule is O=C(Nc1cc(F)ccc1F)C12C[C@@H]3C[C@@H](CC(Cl)(C3)C1)C2. The zero-order valence-corrected chi connectivity index (χ0v) is 12.9. The maximum absolute atomic E-state index is 13.8. The summed E-state index contributed by atoms with van der Waals surface area (Å²) in [5.74, 6) is -0.393. The summed E-state index contributed by atoms with van der Waals surface area (Å²) in [4.78, 5) is 12.5. The Balaban J connectivity index is 1.61. The van der Waals surface area contributed by atoms with Gasteiger partial charge in [0.05, 0.1) is 11.1 Å². The van der Waals surface area contributed by atoms with Crippen LogP contribution in [0.4, 0.5) is 14.5 Å². The number of carbonyl (C=O) groups excluding carboxylic acids is 1. The molecule has 2 nitrogen and oxygen atoms in total. The van der Waals surface area contributed by atoms with E-state index in [1.165, 1.54) is 0 Å². The van der Waals surface area contributed by atoms with Crippen molar-refractivity contribution in [2.45, 2.75) is 43.4 Å². The number of halogens is 3. The van der Waals surface area contributed by atoms with E-state index >= 15 is 0 Å². The van der Waals surface area contributed by atoms with Crippen molar-refractivity contribution in [1.82, 2.24) is 0 Å². The Morgan fingerprint density at radius 1 is 1.18 bits per heavy atom. The van der Waals surface area contributed by atoms with Crippen molar-refractivity contribution in [3.8, 4) is 0 Å². The number of anilines is 1. The largest absolute Gasteiger partial charge is 0.323 e. The Morgan fingerprint density at radius 3 is 2.50 bits per heavy atom. The first kappa shape index (κ1) is 14.4. The highest BCUT2D eigenvalue weighted by Gasteiger charge is 2.60. The van der Waals surface area contributed by atoms with Gasteiger partial charge in [0.25, 0.3) is 0 Å². The van der Waals surface area contributed by atoms with Crippen molar-refractivity contribution in [2.75, 3.05) is 5.32 Å². The lowest BCUT2D eigenvalue weighted by atomic mass is 9.49. The van der Waals surface area contributed by atoms with Crippen LogP contribution in [0, 0.1) is 28.9 Å². The van der Waals surface area contributed by atoms with E-state index in [4.69, 9.17) is 11.6 Å². The summed E-state index contributed by atoms with van der Waals surface area (Å²) in [6, 6.07) is 3.11. The molecule has 4 aliphatic rings. The summed E-state index contributed by atoms with van der Waals surface area (Å²) >= 11 is 6.71. The summed E-state index contributed by atoms with van der Waals surface area (Å²) in [7, 11) is 0. The molecule has 1 aromatic carbocycles. The summed E-state index contributed by atoms with van der Waals surface area (Å²) in [5, 5.41) is 2.61. The molecule has 0 saturated heterocycles. The van der Waals surface area contributed by atoms with Crippen LogP contribution in [-0.2, 0) is 4.79 Å². The lowest BCUT2D eigenvalue weighted by Crippen LogP contribution is -2.57. The summed E-state index contributed by atoms with van der Waals surface area (Å²) in [6.07, 6.45) is 5.40. The van der Waals surface area contributed by atoms with Gasteiger partial charge in [-0.15, -0.1) is 11.6 Å². The van der Waals surface area contributed by atoms with E-state index in [9.17, 15) is 13.6 Å². The van der Waals surface area contributed by atoms with Gasteiger partial charge in [0, 0.05) is 10.9 Å². The van der Waals surface area contributed by atoms with Gasteiger partial charge < -0.3 is 5.32 Å². The zero-order valence-electron chi connectivity index (χ0n) is 12.2. The molecule has 2 unspecified atom stereocenters. The molecule has 0 heterocycles. The van der Waals surface area contributed by atoms with E-state index < -0.39 is 17.0 Å². The van der Waals surface area contributed by atoms with Crippen molar-refractivity contribution in [3.05, 3.63) is 29.8 Å². The quantitative estimate of drug-likeness (QED) is 0.798. The Morgan fingerprint density at radius 2 is 1.86 bits per heavy atom. The lowest BCUT2D eigenvalue weighted by molar-refractivity contribution is -0.138. The predicted molar refractivity (Wildman–Crippen MR) is 80.7 cm³/mol. The average Bonchev–Trinajstić information content (AvgIpc) is 2.40. The second-order valence-electron chi connectivity index (χ2n) is 7.47. The first-order valence-corrected chi connectivity index (χ1v) is 8.21. The minimum absolute atomic E-state index is 0.0793. The first-order chi connectivity index (χ1) is 10.4. The third-order valence-electron chi connectivity index (χ3n) is 5.65. The molecule has 0 aliphatic heterocycles. The van der Waals surface area contributed by atoms with Crippen LogP contribution in [0.25, 0.3) is 0 Å². The first-order valence-electron chi connectivity index (χ1n) is 7.83. The van der Waals surface area contributed by atoms with Crippen LogP contribution in [0.15, 0.2) is 18.2 Å². The normalized spacial score (nSPS) is 39.0. The molecule has 1 aromatic rings. The van der Waals surface area contributed by atoms with Gasteiger partial charge >= 0.3 is 0 Å². The number of hydrogen-bond acceptors (Lipinski definition) is 1. The van der Waals surface area contributed by atoms with Gasteiger partial charge in [0.15, 0.2) is 0 Å². The van der Waals surface area contributed by atoms with Gasteiger partial charge in [-0.1, -0.05) is 0 Å². The van der Waals surface area contributed by atoms with Crippen molar-refractivity contribution in [1.29, 1.82) is 0 Å². The maximum atomic E-state index is 13.8. The van der Waals surface area contributed by atoms with Crippen LogP contribution >= 0.6 is 11.6 Å². The third-order valence-corrected chi connectivity index (χ3v) is 6.09. The molecule has 4 atom stereocenters. The van der Waals surface area contributed by atoms with E-state index in [1.807, 2.05) is 0 Å². The van der Waals surface area contributed by atoms with Crippen LogP contribution in [0.3, 0.4) is 0 Å². The number of nitrogens with one attached hydrogen (secondary N) is 1. The van der Waals surface area contributed by atoms with E-state index in [0.29, 0.717) is 18.3 Å². The molecule has 0 aromatic heterocycles. The van der Waals surface area contributed by atoms with Gasteiger partial charge in [0.1, 0.15) is 11.6 Å². The highest BCUT2D eigenvalue weighted by Crippen LogP contribution is 2.64. The predicted octanol–water partition coefficient (Wildman–Crippen LogP) is 4.48. The van der Waals surface area contributed by atoms with Crippen molar-refractivity contribution >= 4 is 23.2 Å². The Bertz CT molecular complexity index is 634. The third kappa shape index (κ3) is 2.23. The maximum Gasteiger partial charge on any atom is 0.230 e. The van der Waals surface area contributed by atoms with Gasteiger partial charge in [0.2, 0.25) is 5.91 Å². The fourth-order valence-corrected chi connectivity index (χ4v) is 5.96. The lowest BCUT2D eigenvalue weighted by Gasteiger charge is -2.59. The van der Waals surface area contributed by atoms with E-state index in [2.05, 4.69) is 5.32 Å². The van der Waals surface area contributed by atoms with Gasteiger partial charge in [-0.2, -0.15) is 0 Å². The number of carbonyl (C=O) groups is 1. The number of benzene rings is 1. The molecule has 5 rings (SSSR count). The van der Waals surface area contributed by atoms with Gasteiger partial charge in [-0.25, -0.2) is 8.78 Å². The molecule has 1 amide bonds. The average molecular weight is 326 g/mol. The zero-order chi connectivity index (χ0) is 15.5. The summed E-state index contributed by atoms with van der Waals surface area (Å²) in [6.45, 7) is 0. The van der Waals surface area contributed by atoms with Crippen LogP contribution in [0.5, 0.6) is 0 Å². The topological polar surface area (TPSA) is 29.1 Å². The van der Waals surface area contributed by atoms with Crippen molar-refractivity contribution < 1.29 is 13.6 Å². The summed E-state index contributed by atoms with van der Waals surface area (Å²) < 4.78 is 27.1. The monoisotopic (exact) mass is 325 g/mol. The molecular formula is C17H18ClF2NO. The van der Waals surface area contributed by atoms with Crippen LogP contribution in [0.2, 0.25) is 0 Å². The molecule has 0 radical (unpaired) electrons. The molecule has 22 heavy (non-hydrogen) atoms. The molecule has 1 N–H and O–H groups in total. The highest BCUT2D eigenvalue weighted by atomic mass is 35.5. The molecule has 4 saturated carbocycles. The summed E-state index contributed by atoms with van der Waals surface area (Å²) in [5.41, 5.74) is -0.589. The molecule has 118 valence electrons. The molecular weight excluding hydrogens is 308 g/mol. The van der Waals surface area contributed by atoms with E-state index in [1.54, 1.807) is 0 Å². The Labute approximate surface area is 133 Å². The van der Waals surface area contributed by atoms with Crippen LogP contribution < -0.4 is 5.32 Å². The van der Waals surface area contributed by atoms with E-state index in [0.717, 1.165) is 50.3 Å². The number of rotatable bonds is 2. The van der Waals surface area contributed by atoms with Gasteiger partial charge in [-0.3, -0.25) is 4.79 Å². The second-order valence-corrected chi connectivity index (χ2v) is 8.27. The van der Waals surface area contributed by atoms with Crippen LogP contribution in [0.1, 0.15) is 38.5 Å². The molecule has 5 heteroatoms. The Kier molecular flexibility index (Phi) is 3.06. The molecule has 0 spiro atoms. The fourth-order valence-electron chi connectivity index (χ4n) is 5.26. The smallest absolute Gasteiger partial charge is 0.230 e. The van der Waals surface area contributed by atoms with E-state index in [-0.39, 0.29) is 16.5 Å². The second kappa shape index (κ2) is 4.67. The minimum atomic E-state index is -0.611. The van der Waals surface area contributed by atoms with Crippen LogP contribution in [-0.4, -0.2) is 10.8 Å². The number of alkyl halides is 1. The van der Waals surface area contributed by atoms with Crippen molar-refractivity contribution in [2.24, 2.45) is 17.3 Å².